The van der Waals surface area contributed by atoms with Gasteiger partial charge in [0.2, 0.25) is 12.7 Å². The van der Waals surface area contributed by atoms with Crippen LogP contribution in [-0.2, 0) is 22.7 Å². The van der Waals surface area contributed by atoms with Crippen molar-refractivity contribution in [1.82, 2.24) is 9.97 Å². The Hall–Kier alpha value is -5.76. The quantitative estimate of drug-likeness (QED) is 0.288. The van der Waals surface area contributed by atoms with E-state index in [4.69, 9.17) is 19.8 Å². The second kappa shape index (κ2) is 16.6. The molecule has 0 fully saturated rings. The third-order valence-corrected chi connectivity index (χ3v) is 6.32. The van der Waals surface area contributed by atoms with Crippen LogP contribution >= 0.6 is 0 Å². The van der Waals surface area contributed by atoms with E-state index in [2.05, 4.69) is 117 Å². The number of carboxylic acid groups (broad SMARTS) is 2. The van der Waals surface area contributed by atoms with Crippen molar-refractivity contribution in [3.63, 3.8) is 0 Å². The Labute approximate surface area is 256 Å². The summed E-state index contributed by atoms with van der Waals surface area (Å²) in [5.74, 6) is -2.17. The number of aliphatic carboxylic acids is 2. The van der Waals surface area contributed by atoms with Crippen molar-refractivity contribution in [3.05, 3.63) is 145 Å². The lowest BCUT2D eigenvalue weighted by Crippen LogP contribution is -2.32. The van der Waals surface area contributed by atoms with Crippen LogP contribution in [0.2, 0.25) is 0 Å². The molecule has 0 saturated carbocycles. The van der Waals surface area contributed by atoms with Gasteiger partial charge in [-0.15, -0.1) is 0 Å². The first kappa shape index (κ1) is 32.8. The number of nitrogens with one attached hydrogen (secondary N) is 2. The van der Waals surface area contributed by atoms with Crippen molar-refractivity contribution in [2.75, 3.05) is 0 Å². The van der Waals surface area contributed by atoms with Crippen LogP contribution in [0.5, 0.6) is 0 Å². The molecule has 224 valence electrons. The lowest BCUT2D eigenvalue weighted by Gasteiger charge is -2.00. The Morgan fingerprint density at radius 3 is 1.25 bits per heavy atom. The molecule has 8 nitrogen and oxygen atoms in total. The number of rotatable bonds is 6. The molecule has 2 heterocycles. The molecule has 0 bridgehead atoms. The highest BCUT2D eigenvalue weighted by Gasteiger charge is 2.09. The zero-order valence-electron chi connectivity index (χ0n) is 24.9. The number of carbonyl (C=O) groups excluding carboxylic acids is 2. The number of carboxylic acids is 2. The Morgan fingerprint density at radius 2 is 0.932 bits per heavy atom. The number of carbonyl (C=O) groups is 2. The predicted octanol–water partition coefficient (Wildman–Crippen LogP) is 3.81. The van der Waals surface area contributed by atoms with E-state index in [1.807, 2.05) is 36.9 Å². The molecule has 6 rings (SSSR count). The van der Waals surface area contributed by atoms with Crippen molar-refractivity contribution in [2.45, 2.75) is 26.9 Å². The van der Waals surface area contributed by atoms with Gasteiger partial charge in [0, 0.05) is 11.9 Å². The van der Waals surface area contributed by atoms with Crippen LogP contribution in [-0.4, -0.2) is 21.9 Å². The van der Waals surface area contributed by atoms with Gasteiger partial charge in [-0.25, -0.2) is 19.1 Å². The standard InChI is InChI=1S/2C16H14N2.2C2H4O2/c2*1-2-13-7-9-14(10-8-13)11-18-12-17-15-5-3-4-6-16(15)18;2*1-2(3)4/h2*2-10,12H,1,11H2;2*1H3,(H,3,4). The van der Waals surface area contributed by atoms with Crippen molar-refractivity contribution in [3.8, 4) is 0 Å². The molecule has 0 aliphatic heterocycles. The molecule has 2 N–H and O–H groups in total. The maximum atomic E-state index is 8.89. The van der Waals surface area contributed by atoms with Crippen LogP contribution < -0.4 is 19.3 Å². The summed E-state index contributed by atoms with van der Waals surface area (Å²) < 4.78 is 4.44. The number of aromatic nitrogens is 4. The van der Waals surface area contributed by atoms with Gasteiger partial charge in [0.1, 0.15) is 13.1 Å². The molecule has 0 amide bonds. The summed E-state index contributed by atoms with van der Waals surface area (Å²) >= 11 is 0. The summed E-state index contributed by atoms with van der Waals surface area (Å²) in [6.45, 7) is 11.2. The van der Waals surface area contributed by atoms with Crippen LogP contribution in [0.3, 0.4) is 0 Å². The molecule has 0 saturated heterocycles. The molecule has 0 spiro atoms. The number of hydrogen-bond acceptors (Lipinski definition) is 4. The first-order chi connectivity index (χ1) is 21.2. The number of nitrogens with zero attached hydrogens (tertiary/aromatic N) is 2. The van der Waals surface area contributed by atoms with E-state index in [0.29, 0.717) is 0 Å². The van der Waals surface area contributed by atoms with Crippen LogP contribution in [0, 0.1) is 0 Å². The number of benzene rings is 4. The van der Waals surface area contributed by atoms with Gasteiger partial charge >= 0.3 is 0 Å². The number of fused-ring (bicyclic) bond motifs is 2. The smallest absolute Gasteiger partial charge is 0.242 e. The molecular weight excluding hydrogens is 552 g/mol. The van der Waals surface area contributed by atoms with E-state index in [1.54, 1.807) is 0 Å². The van der Waals surface area contributed by atoms with Gasteiger partial charge in [-0.05, 0) is 60.4 Å². The fraction of sp³-hybridized carbons (Fsp3) is 0.111. The zero-order chi connectivity index (χ0) is 31.9. The van der Waals surface area contributed by atoms with E-state index in [9.17, 15) is 0 Å². The molecule has 44 heavy (non-hydrogen) atoms. The fourth-order valence-corrected chi connectivity index (χ4v) is 4.30. The number of imidazole rings is 2. The summed E-state index contributed by atoms with van der Waals surface area (Å²) in [4.78, 5) is 24.3. The SMILES string of the molecule is C=Cc1ccc(C[n+]2c[nH]c3ccccc32)cc1.C=Cc1ccc(C[n+]2c[nH]c3ccccc32)cc1.CC(=O)[O-].CC(=O)[O-]. The fourth-order valence-electron chi connectivity index (χ4n) is 4.30. The van der Waals surface area contributed by atoms with Crippen molar-refractivity contribution in [1.29, 1.82) is 0 Å². The van der Waals surface area contributed by atoms with Crippen molar-refractivity contribution >= 4 is 46.2 Å². The molecule has 0 atom stereocenters. The van der Waals surface area contributed by atoms with Gasteiger partial charge < -0.3 is 19.8 Å². The zero-order valence-corrected chi connectivity index (χ0v) is 24.9. The summed E-state index contributed by atoms with van der Waals surface area (Å²) in [5, 5.41) is 17.8. The molecule has 0 aliphatic rings. The lowest BCUT2D eigenvalue weighted by molar-refractivity contribution is -0.662. The summed E-state index contributed by atoms with van der Waals surface area (Å²) in [7, 11) is 0. The van der Waals surface area contributed by atoms with E-state index >= 15 is 0 Å². The van der Waals surface area contributed by atoms with Crippen LogP contribution in [0.4, 0.5) is 0 Å². The monoisotopic (exact) mass is 588 g/mol. The van der Waals surface area contributed by atoms with Gasteiger partial charge in [0.15, 0.2) is 22.1 Å². The normalized spacial score (nSPS) is 9.86. The molecule has 6 aromatic rings. The van der Waals surface area contributed by atoms with Gasteiger partial charge in [-0.3, -0.25) is 0 Å². The molecule has 2 aromatic heterocycles. The highest BCUT2D eigenvalue weighted by molar-refractivity contribution is 5.71. The third kappa shape index (κ3) is 10.3. The summed E-state index contributed by atoms with van der Waals surface area (Å²) in [6, 6.07) is 33.6. The Bertz CT molecular complexity index is 1670. The molecule has 8 heteroatoms. The average Bonchev–Trinajstić information content (AvgIpc) is 3.62. The number of para-hydroxylation sites is 4. The molecule has 0 aliphatic carbocycles. The highest BCUT2D eigenvalue weighted by atomic mass is 16.4. The molecular formula is C36H36N4O4. The van der Waals surface area contributed by atoms with Gasteiger partial charge in [-0.1, -0.05) is 98.1 Å². The van der Waals surface area contributed by atoms with Crippen molar-refractivity contribution in [2.24, 2.45) is 0 Å². The molecule has 0 radical (unpaired) electrons. The van der Waals surface area contributed by atoms with E-state index < -0.39 is 11.9 Å². The first-order valence-electron chi connectivity index (χ1n) is 13.9. The Kier molecular flexibility index (Phi) is 12.4. The summed E-state index contributed by atoms with van der Waals surface area (Å²) in [5.41, 5.74) is 9.67. The number of H-pyrrole nitrogens is 2. The average molecular weight is 589 g/mol. The minimum atomic E-state index is -1.08. The minimum absolute atomic E-state index is 0.876. The first-order valence-corrected chi connectivity index (χ1v) is 13.9. The van der Waals surface area contributed by atoms with Crippen LogP contribution in [0.25, 0.3) is 34.2 Å². The van der Waals surface area contributed by atoms with Crippen LogP contribution in [0.15, 0.2) is 123 Å². The van der Waals surface area contributed by atoms with Gasteiger partial charge in [0.05, 0.1) is 0 Å². The maximum Gasteiger partial charge on any atom is 0.242 e. The number of hydrogen-bond donors (Lipinski definition) is 2. The van der Waals surface area contributed by atoms with Gasteiger partial charge in [-0.2, -0.15) is 0 Å². The van der Waals surface area contributed by atoms with E-state index in [-0.39, 0.29) is 0 Å². The largest absolute Gasteiger partial charge is 0.550 e. The van der Waals surface area contributed by atoms with E-state index in [1.165, 1.54) is 33.2 Å². The number of aromatic amines is 2. The predicted molar refractivity (Wildman–Crippen MR) is 170 cm³/mol. The van der Waals surface area contributed by atoms with Gasteiger partial charge in [0.25, 0.3) is 0 Å². The third-order valence-electron chi connectivity index (χ3n) is 6.32. The maximum absolute atomic E-state index is 8.89. The van der Waals surface area contributed by atoms with Crippen LogP contribution in [0.1, 0.15) is 36.1 Å². The lowest BCUT2D eigenvalue weighted by atomic mass is 10.1. The Balaban J connectivity index is 0.000000194. The molecule has 0 unspecified atom stereocenters. The molecule has 4 aromatic carbocycles. The summed E-state index contributed by atoms with van der Waals surface area (Å²) in [6.07, 6.45) is 7.77. The van der Waals surface area contributed by atoms with Crippen molar-refractivity contribution < 1.29 is 28.9 Å². The second-order valence-electron chi connectivity index (χ2n) is 9.71. The minimum Gasteiger partial charge on any atom is -0.550 e. The second-order valence-corrected chi connectivity index (χ2v) is 9.71. The Morgan fingerprint density at radius 1 is 0.614 bits per heavy atom. The topological polar surface area (TPSA) is 120 Å². The van der Waals surface area contributed by atoms with E-state index in [0.717, 1.165) is 38.1 Å². The highest BCUT2D eigenvalue weighted by Crippen LogP contribution is 2.10.